The zero-order chi connectivity index (χ0) is 19.7. The van der Waals surface area contributed by atoms with Crippen LogP contribution in [-0.2, 0) is 34.2 Å². The quantitative estimate of drug-likeness (QED) is 0.838. The number of fused-ring (bicyclic) bond motifs is 2. The van der Waals surface area contributed by atoms with Gasteiger partial charge in [0.15, 0.2) is 0 Å². The zero-order valence-electron chi connectivity index (χ0n) is 16.0. The van der Waals surface area contributed by atoms with Crippen LogP contribution in [-0.4, -0.2) is 45.4 Å². The van der Waals surface area contributed by atoms with Crippen LogP contribution < -0.4 is 9.62 Å². The molecule has 1 amide bonds. The zero-order valence-corrected chi connectivity index (χ0v) is 16.8. The molecule has 0 atom stereocenters. The van der Waals surface area contributed by atoms with E-state index in [1.165, 1.54) is 4.31 Å². The Morgan fingerprint density at radius 2 is 1.71 bits per heavy atom. The summed E-state index contributed by atoms with van der Waals surface area (Å²) < 4.78 is 28.5. The van der Waals surface area contributed by atoms with Crippen molar-refractivity contribution in [2.45, 2.75) is 31.2 Å². The van der Waals surface area contributed by atoms with Crippen molar-refractivity contribution in [1.29, 1.82) is 0 Å². The fraction of sp³-hybridized carbons (Fsp3) is 0.381. The van der Waals surface area contributed by atoms with Gasteiger partial charge in [0.1, 0.15) is 0 Å². The van der Waals surface area contributed by atoms with Gasteiger partial charge in [0.05, 0.1) is 10.6 Å². The Balaban J connectivity index is 1.69. The number of carbonyl (C=O) groups excluding carboxylic acids is 1. The molecule has 0 saturated carbocycles. The summed E-state index contributed by atoms with van der Waals surface area (Å²) in [6, 6.07) is 13.1. The van der Waals surface area contributed by atoms with Gasteiger partial charge in [0.25, 0.3) is 10.0 Å². The molecule has 148 valence electrons. The second-order valence-electron chi connectivity index (χ2n) is 7.32. The third kappa shape index (κ3) is 3.52. The normalized spacial score (nSPS) is 17.3. The molecule has 0 spiro atoms. The average molecular weight is 400 g/mol. The minimum absolute atomic E-state index is 0.0642. The van der Waals surface area contributed by atoms with E-state index in [4.69, 9.17) is 0 Å². The Labute approximate surface area is 166 Å². The largest absolute Gasteiger partial charge is 0.342 e. The van der Waals surface area contributed by atoms with Crippen molar-refractivity contribution in [3.05, 3.63) is 59.2 Å². The molecule has 4 rings (SSSR count). The van der Waals surface area contributed by atoms with Gasteiger partial charge in [-0.25, -0.2) is 8.42 Å². The SMILES string of the molecule is CC(=O)N1CCc2ccc(S(=O)(=O)N3CCNCc4ccccc43)cc2CC1. The number of nitrogens with one attached hydrogen (secondary N) is 1. The number of amides is 1. The smallest absolute Gasteiger partial charge is 0.264 e. The summed E-state index contributed by atoms with van der Waals surface area (Å²) in [6.45, 7) is 4.55. The first-order valence-electron chi connectivity index (χ1n) is 9.65. The third-order valence-corrected chi connectivity index (χ3v) is 7.39. The first-order valence-corrected chi connectivity index (χ1v) is 11.1. The molecule has 2 aromatic rings. The highest BCUT2D eigenvalue weighted by molar-refractivity contribution is 7.92. The van der Waals surface area contributed by atoms with E-state index in [2.05, 4.69) is 5.32 Å². The van der Waals surface area contributed by atoms with Crippen LogP contribution in [0.5, 0.6) is 0 Å². The van der Waals surface area contributed by atoms with Crippen molar-refractivity contribution in [2.24, 2.45) is 0 Å². The van der Waals surface area contributed by atoms with Gasteiger partial charge in [-0.15, -0.1) is 0 Å². The number of benzene rings is 2. The molecule has 0 saturated heterocycles. The Hall–Kier alpha value is -2.38. The van der Waals surface area contributed by atoms with Gasteiger partial charge >= 0.3 is 0 Å². The topological polar surface area (TPSA) is 69.7 Å². The number of hydrogen-bond donors (Lipinski definition) is 1. The predicted octanol–water partition coefficient (Wildman–Crippen LogP) is 1.93. The lowest BCUT2D eigenvalue weighted by Crippen LogP contribution is -2.34. The molecular weight excluding hydrogens is 374 g/mol. The second-order valence-corrected chi connectivity index (χ2v) is 9.18. The maximum Gasteiger partial charge on any atom is 0.264 e. The van der Waals surface area contributed by atoms with E-state index >= 15 is 0 Å². The second kappa shape index (κ2) is 7.56. The van der Waals surface area contributed by atoms with Crippen molar-refractivity contribution in [1.82, 2.24) is 10.2 Å². The van der Waals surface area contributed by atoms with Crippen molar-refractivity contribution >= 4 is 21.6 Å². The molecular formula is C21H25N3O3S. The first kappa shape index (κ1) is 19.0. The van der Waals surface area contributed by atoms with E-state index in [0.717, 1.165) is 28.8 Å². The number of nitrogens with zero attached hydrogens (tertiary/aromatic N) is 2. The molecule has 1 N–H and O–H groups in total. The number of hydrogen-bond acceptors (Lipinski definition) is 4. The van der Waals surface area contributed by atoms with Gasteiger partial charge in [0.2, 0.25) is 5.91 Å². The number of anilines is 1. The van der Waals surface area contributed by atoms with E-state index in [1.54, 1.807) is 19.1 Å². The number of sulfonamides is 1. The van der Waals surface area contributed by atoms with E-state index in [-0.39, 0.29) is 5.91 Å². The van der Waals surface area contributed by atoms with Crippen LogP contribution in [0.3, 0.4) is 0 Å². The summed E-state index contributed by atoms with van der Waals surface area (Å²) in [7, 11) is -3.66. The third-order valence-electron chi connectivity index (χ3n) is 5.58. The predicted molar refractivity (Wildman–Crippen MR) is 109 cm³/mol. The molecule has 2 aliphatic heterocycles. The molecule has 0 fully saturated rings. The van der Waals surface area contributed by atoms with Crippen LogP contribution in [0.1, 0.15) is 23.6 Å². The first-order chi connectivity index (χ1) is 13.5. The van der Waals surface area contributed by atoms with Gasteiger partial charge in [0, 0.05) is 39.6 Å². The Morgan fingerprint density at radius 1 is 0.964 bits per heavy atom. The summed E-state index contributed by atoms with van der Waals surface area (Å²) >= 11 is 0. The molecule has 0 aromatic heterocycles. The van der Waals surface area contributed by atoms with Crippen molar-refractivity contribution in [3.63, 3.8) is 0 Å². The van der Waals surface area contributed by atoms with Crippen LogP contribution in [0.2, 0.25) is 0 Å². The van der Waals surface area contributed by atoms with E-state index < -0.39 is 10.0 Å². The highest BCUT2D eigenvalue weighted by atomic mass is 32.2. The maximum absolute atomic E-state index is 13.5. The van der Waals surface area contributed by atoms with E-state index in [1.807, 2.05) is 35.2 Å². The Morgan fingerprint density at radius 3 is 2.50 bits per heavy atom. The lowest BCUT2D eigenvalue weighted by atomic mass is 10.0. The minimum Gasteiger partial charge on any atom is -0.342 e. The van der Waals surface area contributed by atoms with Crippen LogP contribution in [0.15, 0.2) is 47.4 Å². The fourth-order valence-corrected chi connectivity index (χ4v) is 5.54. The van der Waals surface area contributed by atoms with Crippen molar-refractivity contribution < 1.29 is 13.2 Å². The number of carbonyl (C=O) groups is 1. The lowest BCUT2D eigenvalue weighted by Gasteiger charge is -2.24. The lowest BCUT2D eigenvalue weighted by molar-refractivity contribution is -0.128. The molecule has 6 nitrogen and oxygen atoms in total. The van der Waals surface area contributed by atoms with Crippen LogP contribution in [0, 0.1) is 0 Å². The average Bonchev–Trinajstić information content (AvgIpc) is 3.04. The molecule has 2 aromatic carbocycles. The molecule has 2 aliphatic rings. The minimum atomic E-state index is -3.66. The van der Waals surface area contributed by atoms with Gasteiger partial charge in [-0.05, 0) is 47.7 Å². The number of rotatable bonds is 2. The summed E-state index contributed by atoms with van der Waals surface area (Å²) in [5.74, 6) is 0.0642. The molecule has 0 bridgehead atoms. The summed E-state index contributed by atoms with van der Waals surface area (Å²) in [6.07, 6.45) is 1.43. The summed E-state index contributed by atoms with van der Waals surface area (Å²) in [5.41, 5.74) is 3.87. The maximum atomic E-state index is 13.5. The highest BCUT2D eigenvalue weighted by Crippen LogP contribution is 2.29. The van der Waals surface area contributed by atoms with Gasteiger partial charge in [-0.3, -0.25) is 9.10 Å². The molecule has 7 heteroatoms. The van der Waals surface area contributed by atoms with Crippen molar-refractivity contribution in [3.8, 4) is 0 Å². The molecule has 0 unspecified atom stereocenters. The van der Waals surface area contributed by atoms with Crippen LogP contribution in [0.4, 0.5) is 5.69 Å². The molecule has 2 heterocycles. The Bertz CT molecular complexity index is 1000. The van der Waals surface area contributed by atoms with Gasteiger partial charge in [-0.1, -0.05) is 24.3 Å². The summed E-state index contributed by atoms with van der Waals surface area (Å²) in [4.78, 5) is 13.8. The standard InChI is InChI=1S/C21H25N3O3S/c1-16(25)23-11-8-17-6-7-20(14-18(17)9-12-23)28(26,27)24-13-10-22-15-19-4-2-3-5-21(19)24/h2-7,14,22H,8-13,15H2,1H3. The van der Waals surface area contributed by atoms with E-state index in [9.17, 15) is 13.2 Å². The van der Waals surface area contributed by atoms with Crippen molar-refractivity contribution in [2.75, 3.05) is 30.5 Å². The molecule has 28 heavy (non-hydrogen) atoms. The molecule has 0 radical (unpaired) electrons. The Kier molecular flexibility index (Phi) is 5.12. The van der Waals surface area contributed by atoms with Crippen LogP contribution >= 0.6 is 0 Å². The van der Waals surface area contributed by atoms with Crippen LogP contribution in [0.25, 0.3) is 0 Å². The van der Waals surface area contributed by atoms with Gasteiger partial charge in [-0.2, -0.15) is 0 Å². The number of para-hydroxylation sites is 1. The molecule has 0 aliphatic carbocycles. The fourth-order valence-electron chi connectivity index (χ4n) is 3.98. The monoisotopic (exact) mass is 399 g/mol. The van der Waals surface area contributed by atoms with E-state index in [0.29, 0.717) is 44.0 Å². The summed E-state index contributed by atoms with van der Waals surface area (Å²) in [5, 5.41) is 3.29. The highest BCUT2D eigenvalue weighted by Gasteiger charge is 2.29. The van der Waals surface area contributed by atoms with Gasteiger partial charge < -0.3 is 10.2 Å².